The molecule has 1 rings (SSSR count). The minimum Gasteiger partial charge on any atom is -0.465 e. The fourth-order valence-electron chi connectivity index (χ4n) is 1.57. The Morgan fingerprint density at radius 3 is 2.00 bits per heavy atom. The Kier molecular flexibility index (Phi) is 4.11. The van der Waals surface area contributed by atoms with Gasteiger partial charge in [0.25, 0.3) is 0 Å². The zero-order valence-corrected chi connectivity index (χ0v) is 9.72. The van der Waals surface area contributed by atoms with Crippen molar-refractivity contribution >= 4 is 12.3 Å². The first-order valence-corrected chi connectivity index (χ1v) is 4.89. The van der Waals surface area contributed by atoms with Crippen LogP contribution in [-0.2, 0) is 17.1 Å². The minimum atomic E-state index is -5.48. The van der Waals surface area contributed by atoms with E-state index in [1.807, 2.05) is 0 Å². The van der Waals surface area contributed by atoms with Gasteiger partial charge in [-0.25, -0.2) is 4.79 Å². The number of hydrogen-bond donors (Lipinski definition) is 0. The number of aldehydes is 1. The lowest BCUT2D eigenvalue weighted by Gasteiger charge is -2.19. The van der Waals surface area contributed by atoms with Crippen molar-refractivity contribution in [2.45, 2.75) is 12.4 Å². The Morgan fingerprint density at radius 1 is 1.10 bits per heavy atom. The number of halogens is 6. The van der Waals surface area contributed by atoms with E-state index in [-0.39, 0.29) is 12.4 Å². The highest BCUT2D eigenvalue weighted by atomic mass is 19.4. The Bertz CT molecular complexity index is 544. The van der Waals surface area contributed by atoms with E-state index in [2.05, 4.69) is 4.74 Å². The second kappa shape index (κ2) is 5.14. The predicted molar refractivity (Wildman–Crippen MR) is 53.2 cm³/mol. The van der Waals surface area contributed by atoms with Crippen molar-refractivity contribution in [3.05, 3.63) is 34.4 Å². The number of carbonyl (C=O) groups is 2. The Balaban J connectivity index is 3.85. The van der Waals surface area contributed by atoms with Gasteiger partial charge in [-0.05, 0) is 6.07 Å². The normalized spacial score (nSPS) is 12.2. The molecule has 1 aromatic carbocycles. The first kappa shape index (κ1) is 16.0. The van der Waals surface area contributed by atoms with Crippen molar-refractivity contribution in [3.63, 3.8) is 0 Å². The molecule has 1 aromatic rings. The molecule has 0 bridgehead atoms. The van der Waals surface area contributed by atoms with Gasteiger partial charge in [0.05, 0.1) is 23.8 Å². The zero-order valence-electron chi connectivity index (χ0n) is 9.72. The lowest BCUT2D eigenvalue weighted by Crippen LogP contribution is -2.23. The van der Waals surface area contributed by atoms with E-state index in [1.165, 1.54) is 0 Å². The fraction of sp³-hybridized carbons (Fsp3) is 0.273. The summed E-state index contributed by atoms with van der Waals surface area (Å²) in [7, 11) is 0.692. The van der Waals surface area contributed by atoms with Gasteiger partial charge >= 0.3 is 18.3 Å². The van der Waals surface area contributed by atoms with E-state index >= 15 is 0 Å². The van der Waals surface area contributed by atoms with Gasteiger partial charge in [-0.15, -0.1) is 0 Å². The topological polar surface area (TPSA) is 43.4 Å². The molecule has 9 heteroatoms. The highest BCUT2D eigenvalue weighted by Crippen LogP contribution is 2.43. The minimum absolute atomic E-state index is 0.0962. The summed E-state index contributed by atoms with van der Waals surface area (Å²) in [5.74, 6) is -1.68. The summed E-state index contributed by atoms with van der Waals surface area (Å²) in [6.07, 6.45) is -11.0. The number of rotatable bonds is 2. The molecule has 0 saturated carbocycles. The number of methoxy groups -OCH3 is 1. The molecule has 20 heavy (non-hydrogen) atoms. The maximum atomic E-state index is 12.8. The molecular weight excluding hydrogens is 294 g/mol. The number of alkyl halides is 6. The molecule has 0 heterocycles. The summed E-state index contributed by atoms with van der Waals surface area (Å²) in [6, 6.07) is 0.580. The fourth-order valence-corrected chi connectivity index (χ4v) is 1.57. The predicted octanol–water partition coefficient (Wildman–Crippen LogP) is 3.32. The van der Waals surface area contributed by atoms with Crippen LogP contribution in [0.25, 0.3) is 0 Å². The SMILES string of the molecule is COC(=O)c1c(C=O)ccc(C(F)(F)F)c1C(F)(F)F. The van der Waals surface area contributed by atoms with Crippen molar-refractivity contribution in [2.24, 2.45) is 0 Å². The van der Waals surface area contributed by atoms with Crippen LogP contribution < -0.4 is 0 Å². The molecule has 0 radical (unpaired) electrons. The quantitative estimate of drug-likeness (QED) is 0.478. The number of esters is 1. The lowest BCUT2D eigenvalue weighted by atomic mass is 9.95. The van der Waals surface area contributed by atoms with Crippen molar-refractivity contribution in [3.8, 4) is 0 Å². The standard InChI is InChI=1S/C11H6F6O3/c1-20-9(19)7-5(4-18)2-3-6(10(12,13)14)8(7)11(15,16)17/h2-4H,1H3. The van der Waals surface area contributed by atoms with Gasteiger partial charge in [0, 0.05) is 5.56 Å². The number of hydrogen-bond acceptors (Lipinski definition) is 3. The Labute approximate surface area is 108 Å². The average Bonchev–Trinajstić information content (AvgIpc) is 2.33. The smallest absolute Gasteiger partial charge is 0.417 e. The summed E-state index contributed by atoms with van der Waals surface area (Å²) >= 11 is 0. The van der Waals surface area contributed by atoms with Gasteiger partial charge < -0.3 is 4.74 Å². The summed E-state index contributed by atoms with van der Waals surface area (Å²) < 4.78 is 80.4. The largest absolute Gasteiger partial charge is 0.465 e. The van der Waals surface area contributed by atoms with E-state index in [0.717, 1.165) is 0 Å². The third-order valence-electron chi connectivity index (χ3n) is 2.34. The van der Waals surface area contributed by atoms with Crippen LogP contribution in [0.2, 0.25) is 0 Å². The van der Waals surface area contributed by atoms with Crippen LogP contribution in [0.5, 0.6) is 0 Å². The zero-order chi connectivity index (χ0) is 15.7. The molecule has 0 aromatic heterocycles. The highest BCUT2D eigenvalue weighted by Gasteiger charge is 2.46. The maximum Gasteiger partial charge on any atom is 0.417 e. The van der Waals surface area contributed by atoms with E-state index in [4.69, 9.17) is 0 Å². The molecule has 0 fully saturated rings. The molecule has 0 aliphatic carbocycles. The van der Waals surface area contributed by atoms with Gasteiger partial charge in [0.1, 0.15) is 0 Å². The molecule has 3 nitrogen and oxygen atoms in total. The second-order valence-corrected chi connectivity index (χ2v) is 3.56. The van der Waals surface area contributed by atoms with Crippen molar-refractivity contribution in [2.75, 3.05) is 7.11 Å². The van der Waals surface area contributed by atoms with Crippen LogP contribution in [0.1, 0.15) is 31.8 Å². The molecule has 0 atom stereocenters. The third-order valence-corrected chi connectivity index (χ3v) is 2.34. The van der Waals surface area contributed by atoms with Crippen LogP contribution in [0.3, 0.4) is 0 Å². The highest BCUT2D eigenvalue weighted by molar-refractivity contribution is 6.00. The molecule has 0 unspecified atom stereocenters. The number of benzene rings is 1. The Morgan fingerprint density at radius 2 is 1.65 bits per heavy atom. The number of carbonyl (C=O) groups excluding carboxylic acids is 2. The van der Waals surface area contributed by atoms with Crippen LogP contribution >= 0.6 is 0 Å². The van der Waals surface area contributed by atoms with Gasteiger partial charge in [0.15, 0.2) is 6.29 Å². The molecule has 0 spiro atoms. The first-order valence-electron chi connectivity index (χ1n) is 4.89. The molecule has 110 valence electrons. The summed E-state index contributed by atoms with van der Waals surface area (Å²) in [6.45, 7) is 0. The van der Waals surface area contributed by atoms with Crippen LogP contribution in [0.4, 0.5) is 26.3 Å². The van der Waals surface area contributed by atoms with E-state index < -0.39 is 40.6 Å². The van der Waals surface area contributed by atoms with Crippen molar-refractivity contribution in [1.29, 1.82) is 0 Å². The van der Waals surface area contributed by atoms with E-state index in [1.54, 1.807) is 0 Å². The molecule has 0 aliphatic heterocycles. The monoisotopic (exact) mass is 300 g/mol. The summed E-state index contributed by atoms with van der Waals surface area (Å²) in [4.78, 5) is 21.9. The molecule has 0 aliphatic rings. The average molecular weight is 300 g/mol. The van der Waals surface area contributed by atoms with Gasteiger partial charge in [-0.2, -0.15) is 26.3 Å². The maximum absolute atomic E-state index is 12.8. The molecular formula is C11H6F6O3. The van der Waals surface area contributed by atoms with Crippen molar-refractivity contribution < 1.29 is 40.7 Å². The van der Waals surface area contributed by atoms with Gasteiger partial charge in [0.2, 0.25) is 0 Å². The lowest BCUT2D eigenvalue weighted by molar-refractivity contribution is -0.162. The molecule has 0 N–H and O–H groups in total. The van der Waals surface area contributed by atoms with Crippen LogP contribution in [0.15, 0.2) is 12.1 Å². The van der Waals surface area contributed by atoms with Crippen LogP contribution in [0, 0.1) is 0 Å². The molecule has 0 saturated heterocycles. The molecule has 0 amide bonds. The van der Waals surface area contributed by atoms with E-state index in [9.17, 15) is 35.9 Å². The van der Waals surface area contributed by atoms with E-state index in [0.29, 0.717) is 13.2 Å². The van der Waals surface area contributed by atoms with Crippen molar-refractivity contribution in [1.82, 2.24) is 0 Å². The van der Waals surface area contributed by atoms with Gasteiger partial charge in [-0.3, -0.25) is 4.79 Å². The van der Waals surface area contributed by atoms with Gasteiger partial charge in [-0.1, -0.05) is 6.07 Å². The third kappa shape index (κ3) is 2.91. The first-order chi connectivity index (χ1) is 9.04. The summed E-state index contributed by atoms with van der Waals surface area (Å²) in [5, 5.41) is 0. The number of ether oxygens (including phenoxy) is 1. The summed E-state index contributed by atoms with van der Waals surface area (Å²) in [5.41, 5.74) is -6.58. The second-order valence-electron chi connectivity index (χ2n) is 3.56. The van der Waals surface area contributed by atoms with Crippen LogP contribution in [-0.4, -0.2) is 19.4 Å². The Hall–Kier alpha value is -2.06.